The van der Waals surface area contributed by atoms with Gasteiger partial charge in [0.15, 0.2) is 0 Å². The van der Waals surface area contributed by atoms with Crippen LogP contribution in [0, 0.1) is 18.3 Å². The van der Waals surface area contributed by atoms with Gasteiger partial charge in [-0.25, -0.2) is 4.79 Å². The van der Waals surface area contributed by atoms with E-state index in [-0.39, 0.29) is 5.56 Å². The number of hydrogen-bond acceptors (Lipinski definition) is 4. The normalized spacial score (nSPS) is 9.76. The summed E-state index contributed by atoms with van der Waals surface area (Å²) in [6.45, 7) is 1.69. The van der Waals surface area contributed by atoms with Crippen molar-refractivity contribution in [2.24, 2.45) is 0 Å². The second kappa shape index (κ2) is 5.97. The van der Waals surface area contributed by atoms with E-state index in [9.17, 15) is 4.79 Å². The molecule has 0 unspecified atom stereocenters. The molecular formula is C16H13NO4. The number of benzene rings is 2. The summed E-state index contributed by atoms with van der Waals surface area (Å²) in [6, 6.07) is 11.6. The molecule has 0 aliphatic rings. The predicted molar refractivity (Wildman–Crippen MR) is 75.9 cm³/mol. The lowest BCUT2D eigenvalue weighted by molar-refractivity contribution is 0.0696. The molecule has 0 saturated heterocycles. The van der Waals surface area contributed by atoms with Crippen molar-refractivity contribution in [3.8, 4) is 23.3 Å². The van der Waals surface area contributed by atoms with E-state index in [0.717, 1.165) is 0 Å². The molecule has 0 saturated carbocycles. The number of hydrogen-bond donors (Lipinski definition) is 1. The van der Waals surface area contributed by atoms with Gasteiger partial charge in [-0.05, 0) is 42.8 Å². The van der Waals surface area contributed by atoms with Crippen molar-refractivity contribution < 1.29 is 19.4 Å². The van der Waals surface area contributed by atoms with Gasteiger partial charge in [0.2, 0.25) is 0 Å². The standard InChI is InChI=1S/C16H13NO4/c1-10-7-13(5-6-14(10)16(18)19)21-15-8-12(20-2)4-3-11(15)9-17/h3-8H,1-2H3,(H,18,19). The third-order valence-electron chi connectivity index (χ3n) is 2.97. The maximum absolute atomic E-state index is 11.0. The first kappa shape index (κ1) is 14.4. The highest BCUT2D eigenvalue weighted by molar-refractivity contribution is 5.89. The Bertz CT molecular complexity index is 732. The molecule has 0 aromatic heterocycles. The zero-order chi connectivity index (χ0) is 15.4. The maximum Gasteiger partial charge on any atom is 0.335 e. The predicted octanol–water partition coefficient (Wildman–Crippen LogP) is 3.37. The summed E-state index contributed by atoms with van der Waals surface area (Å²) in [7, 11) is 1.52. The molecule has 0 radical (unpaired) electrons. The first-order valence-electron chi connectivity index (χ1n) is 6.15. The minimum absolute atomic E-state index is 0.216. The van der Waals surface area contributed by atoms with E-state index in [1.807, 2.05) is 6.07 Å². The van der Waals surface area contributed by atoms with E-state index in [1.54, 1.807) is 37.3 Å². The van der Waals surface area contributed by atoms with Crippen molar-refractivity contribution in [1.29, 1.82) is 5.26 Å². The van der Waals surface area contributed by atoms with Gasteiger partial charge in [-0.15, -0.1) is 0 Å². The Balaban J connectivity index is 2.36. The summed E-state index contributed by atoms with van der Waals surface area (Å²) in [5.74, 6) is 0.405. The van der Waals surface area contributed by atoms with Crippen LogP contribution in [0.25, 0.3) is 0 Å². The monoisotopic (exact) mass is 283 g/mol. The Morgan fingerprint density at radius 2 is 1.90 bits per heavy atom. The fourth-order valence-corrected chi connectivity index (χ4v) is 1.87. The summed E-state index contributed by atoms with van der Waals surface area (Å²) in [5.41, 5.74) is 1.17. The summed E-state index contributed by atoms with van der Waals surface area (Å²) in [4.78, 5) is 11.0. The molecule has 0 aliphatic carbocycles. The highest BCUT2D eigenvalue weighted by Gasteiger charge is 2.10. The molecule has 0 spiro atoms. The Labute approximate surface area is 122 Å². The van der Waals surface area contributed by atoms with E-state index in [2.05, 4.69) is 0 Å². The lowest BCUT2D eigenvalue weighted by atomic mass is 10.1. The molecule has 5 nitrogen and oxygen atoms in total. The van der Waals surface area contributed by atoms with E-state index < -0.39 is 5.97 Å². The molecule has 0 heterocycles. The van der Waals surface area contributed by atoms with Gasteiger partial charge in [-0.1, -0.05) is 0 Å². The van der Waals surface area contributed by atoms with Crippen LogP contribution in [0.4, 0.5) is 0 Å². The van der Waals surface area contributed by atoms with Gasteiger partial charge in [0.25, 0.3) is 0 Å². The number of rotatable bonds is 4. The van der Waals surface area contributed by atoms with Gasteiger partial charge in [0.1, 0.15) is 23.3 Å². The largest absolute Gasteiger partial charge is 0.497 e. The highest BCUT2D eigenvalue weighted by Crippen LogP contribution is 2.30. The van der Waals surface area contributed by atoms with Crippen molar-refractivity contribution in [2.75, 3.05) is 7.11 Å². The fourth-order valence-electron chi connectivity index (χ4n) is 1.87. The van der Waals surface area contributed by atoms with Gasteiger partial charge in [0.05, 0.1) is 18.2 Å². The topological polar surface area (TPSA) is 79.5 Å². The number of methoxy groups -OCH3 is 1. The summed E-state index contributed by atoms with van der Waals surface area (Å²) in [5, 5.41) is 18.1. The first-order chi connectivity index (χ1) is 10.0. The molecule has 0 bridgehead atoms. The minimum atomic E-state index is -0.988. The van der Waals surface area contributed by atoms with Crippen molar-refractivity contribution in [2.45, 2.75) is 6.92 Å². The second-order valence-electron chi connectivity index (χ2n) is 4.36. The minimum Gasteiger partial charge on any atom is -0.497 e. The highest BCUT2D eigenvalue weighted by atomic mass is 16.5. The molecule has 2 aromatic rings. The zero-order valence-corrected chi connectivity index (χ0v) is 11.6. The Morgan fingerprint density at radius 1 is 1.19 bits per heavy atom. The second-order valence-corrected chi connectivity index (χ2v) is 4.36. The van der Waals surface area contributed by atoms with Crippen LogP contribution in [0.1, 0.15) is 21.5 Å². The van der Waals surface area contributed by atoms with Crippen molar-refractivity contribution in [1.82, 2.24) is 0 Å². The summed E-state index contributed by atoms with van der Waals surface area (Å²) < 4.78 is 10.8. The average molecular weight is 283 g/mol. The van der Waals surface area contributed by atoms with Crippen molar-refractivity contribution >= 4 is 5.97 Å². The third kappa shape index (κ3) is 3.12. The molecular weight excluding hydrogens is 270 g/mol. The maximum atomic E-state index is 11.0. The molecule has 1 N–H and O–H groups in total. The van der Waals surface area contributed by atoms with Crippen LogP contribution in [0.5, 0.6) is 17.2 Å². The Hall–Kier alpha value is -3.00. The molecule has 0 fully saturated rings. The number of nitriles is 1. The molecule has 5 heteroatoms. The lowest BCUT2D eigenvalue weighted by Gasteiger charge is -2.10. The molecule has 106 valence electrons. The first-order valence-corrected chi connectivity index (χ1v) is 6.15. The molecule has 0 aliphatic heterocycles. The number of ether oxygens (including phenoxy) is 2. The van der Waals surface area contributed by atoms with Gasteiger partial charge >= 0.3 is 5.97 Å². The fraction of sp³-hybridized carbons (Fsp3) is 0.125. The number of aromatic carboxylic acids is 1. The van der Waals surface area contributed by atoms with Crippen LogP contribution in [0.3, 0.4) is 0 Å². The van der Waals surface area contributed by atoms with E-state index >= 15 is 0 Å². The molecule has 21 heavy (non-hydrogen) atoms. The Morgan fingerprint density at radius 3 is 2.48 bits per heavy atom. The smallest absolute Gasteiger partial charge is 0.335 e. The lowest BCUT2D eigenvalue weighted by Crippen LogP contribution is -1.99. The average Bonchev–Trinajstić information content (AvgIpc) is 2.46. The van der Waals surface area contributed by atoms with E-state index in [1.165, 1.54) is 13.2 Å². The molecule has 0 atom stereocenters. The van der Waals surface area contributed by atoms with Crippen molar-refractivity contribution in [3.63, 3.8) is 0 Å². The van der Waals surface area contributed by atoms with Gasteiger partial charge < -0.3 is 14.6 Å². The number of nitrogens with zero attached hydrogens (tertiary/aromatic N) is 1. The van der Waals surface area contributed by atoms with Crippen LogP contribution >= 0.6 is 0 Å². The van der Waals surface area contributed by atoms with Crippen LogP contribution in [-0.2, 0) is 0 Å². The third-order valence-corrected chi connectivity index (χ3v) is 2.97. The van der Waals surface area contributed by atoms with Crippen LogP contribution < -0.4 is 9.47 Å². The van der Waals surface area contributed by atoms with Gasteiger partial charge in [-0.2, -0.15) is 5.26 Å². The summed E-state index contributed by atoms with van der Waals surface area (Å²) >= 11 is 0. The number of carboxylic acids is 1. The van der Waals surface area contributed by atoms with Crippen LogP contribution in [-0.4, -0.2) is 18.2 Å². The molecule has 2 aromatic carbocycles. The zero-order valence-electron chi connectivity index (χ0n) is 11.6. The quantitative estimate of drug-likeness (QED) is 0.930. The van der Waals surface area contributed by atoms with Crippen LogP contribution in [0.15, 0.2) is 36.4 Å². The molecule has 2 rings (SSSR count). The summed E-state index contributed by atoms with van der Waals surface area (Å²) in [6.07, 6.45) is 0. The molecule has 0 amide bonds. The number of aryl methyl sites for hydroxylation is 1. The number of carboxylic acid groups (broad SMARTS) is 1. The van der Waals surface area contributed by atoms with E-state index in [4.69, 9.17) is 19.8 Å². The van der Waals surface area contributed by atoms with E-state index in [0.29, 0.717) is 28.4 Å². The van der Waals surface area contributed by atoms with Crippen LogP contribution in [0.2, 0.25) is 0 Å². The van der Waals surface area contributed by atoms with Crippen molar-refractivity contribution in [3.05, 3.63) is 53.1 Å². The Kier molecular flexibility index (Phi) is 4.10. The SMILES string of the molecule is COc1ccc(C#N)c(Oc2ccc(C(=O)O)c(C)c2)c1. The van der Waals surface area contributed by atoms with Gasteiger partial charge in [0, 0.05) is 6.07 Å². The van der Waals surface area contributed by atoms with Gasteiger partial charge in [-0.3, -0.25) is 0 Å². The number of carbonyl (C=O) groups is 1.